The van der Waals surface area contributed by atoms with Gasteiger partial charge in [0.05, 0.1) is 23.7 Å². The first-order chi connectivity index (χ1) is 16.4. The molecular weight excluding hydrogens is 457 g/mol. The molecule has 0 N–H and O–H groups in total. The van der Waals surface area contributed by atoms with Crippen LogP contribution >= 0.6 is 11.3 Å². The highest BCUT2D eigenvalue weighted by atomic mass is 32.1. The fourth-order valence-electron chi connectivity index (χ4n) is 3.96. The van der Waals surface area contributed by atoms with Crippen LogP contribution in [0.15, 0.2) is 40.1 Å². The summed E-state index contributed by atoms with van der Waals surface area (Å²) in [5.41, 5.74) is 0.853. The van der Waals surface area contributed by atoms with E-state index in [0.29, 0.717) is 55.8 Å². The third kappa shape index (κ3) is 5.68. The molecule has 10 heteroatoms. The van der Waals surface area contributed by atoms with Crippen molar-refractivity contribution in [1.29, 1.82) is 0 Å². The van der Waals surface area contributed by atoms with Crippen LogP contribution in [0.4, 0.5) is 10.1 Å². The fraction of sp³-hybridized carbons (Fsp3) is 0.417. The van der Waals surface area contributed by atoms with Crippen LogP contribution in [0.5, 0.6) is 0 Å². The molecule has 2 aromatic heterocycles. The van der Waals surface area contributed by atoms with Gasteiger partial charge in [0.2, 0.25) is 11.8 Å². The summed E-state index contributed by atoms with van der Waals surface area (Å²) in [7, 11) is 0. The number of anilines is 1. The number of piperazine rings is 1. The van der Waals surface area contributed by atoms with Gasteiger partial charge in [-0.25, -0.2) is 4.39 Å². The predicted octanol–water partition coefficient (Wildman–Crippen LogP) is 3.70. The molecule has 3 heterocycles. The Kier molecular flexibility index (Phi) is 7.69. The summed E-state index contributed by atoms with van der Waals surface area (Å²) in [5, 5.41) is 10.2. The second-order valence-corrected chi connectivity index (χ2v) is 9.23. The number of ketones is 1. The first-order valence-corrected chi connectivity index (χ1v) is 12.2. The lowest BCUT2D eigenvalue weighted by atomic mass is 10.1. The molecule has 0 saturated carbocycles. The number of carbonyl (C=O) groups is 2. The van der Waals surface area contributed by atoms with E-state index in [1.807, 2.05) is 29.3 Å². The van der Waals surface area contributed by atoms with Crippen molar-refractivity contribution in [1.82, 2.24) is 20.0 Å². The summed E-state index contributed by atoms with van der Waals surface area (Å²) in [6.07, 6.45) is 0.820. The minimum absolute atomic E-state index is 0.00293. The number of thiophene rings is 1. The number of hydrogen-bond donors (Lipinski definition) is 0. The van der Waals surface area contributed by atoms with Crippen LogP contribution in [0.25, 0.3) is 10.8 Å². The molecule has 1 saturated heterocycles. The molecule has 4 rings (SSSR count). The number of Topliss-reactive ketones (excluding diaryl/α,β-unsaturated/α-hetero) is 1. The first-order valence-electron chi connectivity index (χ1n) is 11.4. The molecular formula is C24H28FN5O3S. The number of nitrogens with zero attached hydrogens (tertiary/aromatic N) is 5. The van der Waals surface area contributed by atoms with E-state index >= 15 is 0 Å². The summed E-state index contributed by atoms with van der Waals surface area (Å²) >= 11 is 1.52. The van der Waals surface area contributed by atoms with Gasteiger partial charge >= 0.3 is 0 Å². The lowest BCUT2D eigenvalue weighted by molar-refractivity contribution is -0.133. The van der Waals surface area contributed by atoms with E-state index < -0.39 is 5.82 Å². The number of benzene rings is 1. The highest BCUT2D eigenvalue weighted by Gasteiger charge is 2.24. The maximum Gasteiger partial charge on any atom is 0.257 e. The Morgan fingerprint density at radius 1 is 1.18 bits per heavy atom. The zero-order valence-electron chi connectivity index (χ0n) is 19.4. The molecule has 1 aliphatic rings. The second-order valence-electron chi connectivity index (χ2n) is 8.28. The van der Waals surface area contributed by atoms with Crippen molar-refractivity contribution in [2.45, 2.75) is 26.8 Å². The topological polar surface area (TPSA) is 82.8 Å². The van der Waals surface area contributed by atoms with Gasteiger partial charge in [0.15, 0.2) is 5.78 Å². The summed E-state index contributed by atoms with van der Waals surface area (Å²) in [5.74, 6) is 0.331. The molecule has 0 spiro atoms. The van der Waals surface area contributed by atoms with Gasteiger partial charge in [0.25, 0.3) is 5.89 Å². The zero-order chi connectivity index (χ0) is 24.1. The molecule has 1 amide bonds. The molecule has 0 bridgehead atoms. The SMILES string of the molecule is CCCN(Cc1nnc(-c2cccs2)o1)C(=O)CN1CCN(c2ccc(C(C)=O)cc2F)CC1. The minimum atomic E-state index is -0.396. The highest BCUT2D eigenvalue weighted by molar-refractivity contribution is 7.13. The number of aromatic nitrogens is 2. The minimum Gasteiger partial charge on any atom is -0.418 e. The van der Waals surface area contributed by atoms with Crippen LogP contribution < -0.4 is 4.90 Å². The van der Waals surface area contributed by atoms with E-state index in [0.717, 1.165) is 11.3 Å². The maximum absolute atomic E-state index is 14.5. The molecule has 34 heavy (non-hydrogen) atoms. The van der Waals surface area contributed by atoms with E-state index in [9.17, 15) is 14.0 Å². The molecule has 180 valence electrons. The fourth-order valence-corrected chi connectivity index (χ4v) is 4.61. The average Bonchev–Trinajstić information content (AvgIpc) is 3.51. The molecule has 1 aliphatic heterocycles. The monoisotopic (exact) mass is 485 g/mol. The van der Waals surface area contributed by atoms with Crippen molar-refractivity contribution in [3.8, 4) is 10.8 Å². The summed E-state index contributed by atoms with van der Waals surface area (Å²) in [6.45, 7) is 7.10. The standard InChI is InChI=1S/C24H28FN5O3S/c1-3-8-30(15-22-26-27-24(33-22)21-5-4-13-34-21)23(32)16-28-9-11-29(12-10-28)20-7-6-18(17(2)31)14-19(20)25/h4-7,13-14H,3,8-12,15-16H2,1-2H3. The Balaban J connectivity index is 1.32. The number of carbonyl (C=O) groups excluding carboxylic acids is 2. The van der Waals surface area contributed by atoms with Crippen molar-refractivity contribution in [3.63, 3.8) is 0 Å². The van der Waals surface area contributed by atoms with Crippen molar-refractivity contribution in [3.05, 3.63) is 53.0 Å². The van der Waals surface area contributed by atoms with Gasteiger partial charge in [-0.05, 0) is 43.0 Å². The van der Waals surface area contributed by atoms with Crippen molar-refractivity contribution in [2.24, 2.45) is 0 Å². The quantitative estimate of drug-likeness (QED) is 0.428. The second kappa shape index (κ2) is 10.9. The van der Waals surface area contributed by atoms with E-state index in [4.69, 9.17) is 4.42 Å². The Hall–Kier alpha value is -3.11. The molecule has 0 unspecified atom stereocenters. The zero-order valence-corrected chi connectivity index (χ0v) is 20.2. The van der Waals surface area contributed by atoms with Crippen LogP contribution in [-0.4, -0.2) is 71.0 Å². The van der Waals surface area contributed by atoms with Gasteiger partial charge in [-0.15, -0.1) is 21.5 Å². The van der Waals surface area contributed by atoms with Crippen LogP contribution in [0.2, 0.25) is 0 Å². The molecule has 0 radical (unpaired) electrons. The van der Waals surface area contributed by atoms with E-state index in [1.54, 1.807) is 17.0 Å². The van der Waals surface area contributed by atoms with Crippen molar-refractivity contribution >= 4 is 28.7 Å². The largest absolute Gasteiger partial charge is 0.418 e. The van der Waals surface area contributed by atoms with Gasteiger partial charge in [0, 0.05) is 38.3 Å². The van der Waals surface area contributed by atoms with Gasteiger partial charge < -0.3 is 14.2 Å². The summed E-state index contributed by atoms with van der Waals surface area (Å²) in [6, 6.07) is 8.44. The number of halogens is 1. The van der Waals surface area contributed by atoms with Crippen LogP contribution in [0.1, 0.15) is 36.5 Å². The van der Waals surface area contributed by atoms with Crippen molar-refractivity contribution < 1.29 is 18.4 Å². The number of rotatable bonds is 9. The maximum atomic E-state index is 14.5. The van der Waals surface area contributed by atoms with E-state index in [1.165, 1.54) is 24.3 Å². The molecule has 1 aromatic carbocycles. The van der Waals surface area contributed by atoms with E-state index in [-0.39, 0.29) is 24.8 Å². The van der Waals surface area contributed by atoms with E-state index in [2.05, 4.69) is 15.1 Å². The third-order valence-electron chi connectivity index (χ3n) is 5.80. The predicted molar refractivity (Wildman–Crippen MR) is 128 cm³/mol. The van der Waals surface area contributed by atoms with Gasteiger partial charge in [-0.1, -0.05) is 13.0 Å². The van der Waals surface area contributed by atoms with Crippen molar-refractivity contribution in [2.75, 3.05) is 44.2 Å². The summed E-state index contributed by atoms with van der Waals surface area (Å²) < 4.78 is 20.3. The normalized spacial score (nSPS) is 14.4. The van der Waals surface area contributed by atoms with Gasteiger partial charge in [-0.2, -0.15) is 0 Å². The Bertz CT molecular complexity index is 1130. The van der Waals surface area contributed by atoms with Crippen LogP contribution in [-0.2, 0) is 11.3 Å². The lowest BCUT2D eigenvalue weighted by Crippen LogP contribution is -2.50. The van der Waals surface area contributed by atoms with Crippen LogP contribution in [0, 0.1) is 5.82 Å². The molecule has 8 nitrogen and oxygen atoms in total. The Morgan fingerprint density at radius 2 is 1.97 bits per heavy atom. The van der Waals surface area contributed by atoms with Crippen LogP contribution in [0.3, 0.4) is 0 Å². The highest BCUT2D eigenvalue weighted by Crippen LogP contribution is 2.24. The van der Waals surface area contributed by atoms with Gasteiger partial charge in [0.1, 0.15) is 5.82 Å². The molecule has 1 fully saturated rings. The molecule has 0 aliphatic carbocycles. The smallest absolute Gasteiger partial charge is 0.257 e. The molecule has 0 atom stereocenters. The average molecular weight is 486 g/mol. The lowest BCUT2D eigenvalue weighted by Gasteiger charge is -2.36. The third-order valence-corrected chi connectivity index (χ3v) is 6.66. The number of amides is 1. The summed E-state index contributed by atoms with van der Waals surface area (Å²) in [4.78, 5) is 31.2. The Labute approximate surface area is 202 Å². The molecule has 3 aromatic rings. The number of hydrogen-bond acceptors (Lipinski definition) is 8. The Morgan fingerprint density at radius 3 is 2.62 bits per heavy atom. The van der Waals surface area contributed by atoms with Gasteiger partial charge in [-0.3, -0.25) is 14.5 Å². The first kappa shape index (κ1) is 24.0.